The molecule has 10 heteroatoms. The summed E-state index contributed by atoms with van der Waals surface area (Å²) in [5, 5.41) is 6.25. The first-order valence-corrected chi connectivity index (χ1v) is 11.0. The van der Waals surface area contributed by atoms with Crippen LogP contribution in [0.15, 0.2) is 46.0 Å². The fraction of sp³-hybridized carbons (Fsp3) is 0.294. The van der Waals surface area contributed by atoms with Crippen LogP contribution in [-0.4, -0.2) is 62.2 Å². The molecule has 2 amide bonds. The molecule has 7 nitrogen and oxygen atoms in total. The van der Waals surface area contributed by atoms with Gasteiger partial charge in [0.2, 0.25) is 15.9 Å². The SMILES string of the molecule is O=C(NCC(=O)N1CCN(S(=O)(=O)c2ccccc2Cl)CC1)c1ccsc1. The number of halogens is 1. The van der Waals surface area contributed by atoms with Crippen molar-refractivity contribution in [1.29, 1.82) is 0 Å². The molecule has 0 unspecified atom stereocenters. The smallest absolute Gasteiger partial charge is 0.252 e. The Morgan fingerprint density at radius 3 is 2.44 bits per heavy atom. The van der Waals surface area contributed by atoms with Crippen molar-refractivity contribution in [3.8, 4) is 0 Å². The number of nitrogens with one attached hydrogen (secondary N) is 1. The van der Waals surface area contributed by atoms with Crippen LogP contribution in [0.3, 0.4) is 0 Å². The summed E-state index contributed by atoms with van der Waals surface area (Å²) in [6.45, 7) is 0.759. The van der Waals surface area contributed by atoms with Crippen molar-refractivity contribution in [2.45, 2.75) is 4.90 Å². The van der Waals surface area contributed by atoms with Gasteiger partial charge in [0.1, 0.15) is 4.90 Å². The lowest BCUT2D eigenvalue weighted by atomic mass is 10.3. The van der Waals surface area contributed by atoms with E-state index in [1.54, 1.807) is 33.9 Å². The van der Waals surface area contributed by atoms with Crippen molar-refractivity contribution in [1.82, 2.24) is 14.5 Å². The third-order valence-corrected chi connectivity index (χ3v) is 7.31. The molecule has 2 heterocycles. The Balaban J connectivity index is 1.55. The normalized spacial score (nSPS) is 15.5. The molecule has 27 heavy (non-hydrogen) atoms. The zero-order valence-electron chi connectivity index (χ0n) is 14.3. The van der Waals surface area contributed by atoms with E-state index in [1.165, 1.54) is 27.8 Å². The van der Waals surface area contributed by atoms with E-state index >= 15 is 0 Å². The van der Waals surface area contributed by atoms with Crippen molar-refractivity contribution < 1.29 is 18.0 Å². The zero-order valence-corrected chi connectivity index (χ0v) is 16.7. The molecule has 1 saturated heterocycles. The quantitative estimate of drug-likeness (QED) is 0.786. The van der Waals surface area contributed by atoms with Crippen LogP contribution >= 0.6 is 22.9 Å². The van der Waals surface area contributed by atoms with Crippen LogP contribution in [0, 0.1) is 0 Å². The second-order valence-electron chi connectivity index (χ2n) is 5.91. The molecule has 1 aromatic carbocycles. The molecule has 0 spiro atoms. The van der Waals surface area contributed by atoms with Gasteiger partial charge in [0.15, 0.2) is 0 Å². The number of hydrogen-bond donors (Lipinski definition) is 1. The van der Waals surface area contributed by atoms with Gasteiger partial charge in [-0.3, -0.25) is 9.59 Å². The van der Waals surface area contributed by atoms with Crippen molar-refractivity contribution in [3.05, 3.63) is 51.7 Å². The van der Waals surface area contributed by atoms with Crippen molar-refractivity contribution in [2.75, 3.05) is 32.7 Å². The van der Waals surface area contributed by atoms with E-state index in [9.17, 15) is 18.0 Å². The molecule has 1 aromatic heterocycles. The molecule has 1 fully saturated rings. The molecular weight excluding hydrogens is 410 g/mol. The van der Waals surface area contributed by atoms with Gasteiger partial charge >= 0.3 is 0 Å². The summed E-state index contributed by atoms with van der Waals surface area (Å²) >= 11 is 7.41. The molecule has 144 valence electrons. The van der Waals surface area contributed by atoms with Gasteiger partial charge in [-0.2, -0.15) is 15.6 Å². The predicted octanol–water partition coefficient (Wildman–Crippen LogP) is 1.66. The predicted molar refractivity (Wildman–Crippen MR) is 103 cm³/mol. The highest BCUT2D eigenvalue weighted by Gasteiger charge is 2.31. The van der Waals surface area contributed by atoms with E-state index in [-0.39, 0.29) is 54.5 Å². The maximum Gasteiger partial charge on any atom is 0.252 e. The van der Waals surface area contributed by atoms with Crippen molar-refractivity contribution in [3.63, 3.8) is 0 Å². The molecule has 0 radical (unpaired) electrons. The van der Waals surface area contributed by atoms with Crippen LogP contribution in [0.1, 0.15) is 10.4 Å². The number of thiophene rings is 1. The molecule has 1 N–H and O–H groups in total. The number of carbonyl (C=O) groups is 2. The molecular formula is C17H18ClN3O4S2. The fourth-order valence-electron chi connectivity index (χ4n) is 2.73. The Morgan fingerprint density at radius 2 is 1.81 bits per heavy atom. The summed E-state index contributed by atoms with van der Waals surface area (Å²) in [6.07, 6.45) is 0. The molecule has 0 saturated carbocycles. The number of sulfonamides is 1. The highest BCUT2D eigenvalue weighted by molar-refractivity contribution is 7.89. The number of carbonyl (C=O) groups excluding carboxylic acids is 2. The minimum Gasteiger partial charge on any atom is -0.343 e. The Bertz CT molecular complexity index is 923. The number of benzene rings is 1. The van der Waals surface area contributed by atoms with Crippen LogP contribution in [0.25, 0.3) is 0 Å². The Morgan fingerprint density at radius 1 is 1.11 bits per heavy atom. The summed E-state index contributed by atoms with van der Waals surface area (Å²) in [5.74, 6) is -0.544. The van der Waals surface area contributed by atoms with Crippen LogP contribution in [0.4, 0.5) is 0 Å². The maximum atomic E-state index is 12.7. The van der Waals surface area contributed by atoms with Gasteiger partial charge < -0.3 is 10.2 Å². The number of hydrogen-bond acceptors (Lipinski definition) is 5. The number of piperazine rings is 1. The van der Waals surface area contributed by atoms with Crippen LogP contribution < -0.4 is 5.32 Å². The number of nitrogens with zero attached hydrogens (tertiary/aromatic N) is 2. The summed E-state index contributed by atoms with van der Waals surface area (Å²) in [5.41, 5.74) is 0.517. The first-order valence-electron chi connectivity index (χ1n) is 8.22. The molecule has 0 aliphatic carbocycles. The molecule has 2 aromatic rings. The minimum absolute atomic E-state index is 0.0643. The van der Waals surface area contributed by atoms with Crippen LogP contribution in [0.5, 0.6) is 0 Å². The molecule has 0 bridgehead atoms. The summed E-state index contributed by atoms with van der Waals surface area (Å²) in [7, 11) is -3.70. The number of rotatable bonds is 5. The van der Waals surface area contributed by atoms with Gasteiger partial charge in [-0.15, -0.1) is 0 Å². The van der Waals surface area contributed by atoms with Gasteiger partial charge in [-0.05, 0) is 23.6 Å². The lowest BCUT2D eigenvalue weighted by Crippen LogP contribution is -2.52. The van der Waals surface area contributed by atoms with E-state index in [2.05, 4.69) is 5.32 Å². The van der Waals surface area contributed by atoms with E-state index < -0.39 is 10.0 Å². The second-order valence-corrected chi connectivity index (χ2v) is 9.00. The third kappa shape index (κ3) is 4.49. The monoisotopic (exact) mass is 427 g/mol. The second kappa shape index (κ2) is 8.39. The first-order chi connectivity index (χ1) is 12.9. The standard InChI is InChI=1S/C17H18ClN3O4S2/c18-14-3-1-2-4-15(14)27(24,25)21-8-6-20(7-9-21)16(22)11-19-17(23)13-5-10-26-12-13/h1-5,10,12H,6-9,11H2,(H,19,23). The van der Waals surface area contributed by atoms with Crippen molar-refractivity contribution in [2.24, 2.45) is 0 Å². The average Bonchev–Trinajstić information content (AvgIpc) is 3.21. The van der Waals surface area contributed by atoms with E-state index in [1.807, 2.05) is 0 Å². The van der Waals surface area contributed by atoms with Gasteiger partial charge in [-0.1, -0.05) is 23.7 Å². The van der Waals surface area contributed by atoms with Gasteiger partial charge in [-0.25, -0.2) is 8.42 Å². The lowest BCUT2D eigenvalue weighted by Gasteiger charge is -2.34. The highest BCUT2D eigenvalue weighted by Crippen LogP contribution is 2.24. The maximum absolute atomic E-state index is 12.7. The van der Waals surface area contributed by atoms with E-state index in [0.29, 0.717) is 5.56 Å². The van der Waals surface area contributed by atoms with Crippen LogP contribution in [-0.2, 0) is 14.8 Å². The summed E-state index contributed by atoms with van der Waals surface area (Å²) in [4.78, 5) is 25.8. The lowest BCUT2D eigenvalue weighted by molar-refractivity contribution is -0.131. The summed E-state index contributed by atoms with van der Waals surface area (Å²) in [6, 6.07) is 7.97. The Kier molecular flexibility index (Phi) is 6.15. The largest absolute Gasteiger partial charge is 0.343 e. The zero-order chi connectivity index (χ0) is 19.4. The van der Waals surface area contributed by atoms with Gasteiger partial charge in [0, 0.05) is 37.1 Å². The topological polar surface area (TPSA) is 86.8 Å². The first kappa shape index (κ1) is 19.8. The van der Waals surface area contributed by atoms with E-state index in [4.69, 9.17) is 11.6 Å². The molecule has 0 atom stereocenters. The van der Waals surface area contributed by atoms with Gasteiger partial charge in [0.25, 0.3) is 5.91 Å². The number of amides is 2. The Labute approximate surface area is 166 Å². The van der Waals surface area contributed by atoms with Crippen molar-refractivity contribution >= 4 is 44.8 Å². The van der Waals surface area contributed by atoms with Crippen LogP contribution in [0.2, 0.25) is 5.02 Å². The average molecular weight is 428 g/mol. The summed E-state index contributed by atoms with van der Waals surface area (Å²) < 4.78 is 26.7. The third-order valence-electron chi connectivity index (χ3n) is 4.23. The molecule has 1 aliphatic rings. The molecule has 3 rings (SSSR count). The fourth-order valence-corrected chi connectivity index (χ4v) is 5.29. The molecule has 1 aliphatic heterocycles. The van der Waals surface area contributed by atoms with Gasteiger partial charge in [0.05, 0.1) is 11.6 Å². The minimum atomic E-state index is -3.70. The van der Waals surface area contributed by atoms with E-state index in [0.717, 1.165) is 0 Å². The Hall–Kier alpha value is -1.94. The highest BCUT2D eigenvalue weighted by atomic mass is 35.5.